The lowest BCUT2D eigenvalue weighted by Gasteiger charge is -2.15. The molecule has 0 aromatic heterocycles. The third-order valence-electron chi connectivity index (χ3n) is 10.5. The van der Waals surface area contributed by atoms with Crippen molar-refractivity contribution in [3.05, 3.63) is 60.2 Å². The van der Waals surface area contributed by atoms with Gasteiger partial charge in [-0.1, -0.05) is 184 Å². The Bertz CT molecular complexity index is 1350. The summed E-state index contributed by atoms with van der Waals surface area (Å²) in [4.78, 5) is 0. The Labute approximate surface area is 293 Å². The molecular weight excluding hydrogens is 588 g/mol. The highest BCUT2D eigenvalue weighted by molar-refractivity contribution is 6.23. The molecule has 0 fully saturated rings. The molecule has 0 spiro atoms. The van der Waals surface area contributed by atoms with E-state index in [1.807, 2.05) is 0 Å². The molecule has 0 heterocycles. The molecule has 1 unspecified atom stereocenters. The molecule has 4 aromatic carbocycles. The maximum Gasteiger partial charge on any atom is 0.104 e. The number of ether oxygens (including phenoxy) is 2. The van der Waals surface area contributed by atoms with Crippen LogP contribution in [0.5, 0.6) is 0 Å². The van der Waals surface area contributed by atoms with E-state index >= 15 is 0 Å². The molecular formula is C45H68O3. The summed E-state index contributed by atoms with van der Waals surface area (Å²) in [5, 5.41) is 18.1. The van der Waals surface area contributed by atoms with Gasteiger partial charge < -0.3 is 14.6 Å². The molecule has 0 saturated heterocycles. The largest absolute Gasteiger partial charge is 0.394 e. The maximum absolute atomic E-state index is 9.68. The highest BCUT2D eigenvalue weighted by atomic mass is 16.5. The summed E-state index contributed by atoms with van der Waals surface area (Å²) in [6.07, 6.45) is 30.3. The van der Waals surface area contributed by atoms with Crippen LogP contribution in [0.1, 0.15) is 154 Å². The maximum atomic E-state index is 9.68. The normalized spacial score (nSPS) is 12.6. The second kappa shape index (κ2) is 24.0. The molecule has 3 nitrogen and oxygen atoms in total. The van der Waals surface area contributed by atoms with Gasteiger partial charge in [-0.2, -0.15) is 0 Å². The second-order valence-corrected chi connectivity index (χ2v) is 14.5. The van der Waals surface area contributed by atoms with Crippen molar-refractivity contribution in [2.45, 2.75) is 161 Å². The van der Waals surface area contributed by atoms with Gasteiger partial charge in [0, 0.05) is 13.2 Å². The minimum Gasteiger partial charge on any atom is -0.394 e. The first-order valence-corrected chi connectivity index (χ1v) is 20.3. The summed E-state index contributed by atoms with van der Waals surface area (Å²) in [5.74, 6) is 0. The van der Waals surface area contributed by atoms with Crippen molar-refractivity contribution in [1.29, 1.82) is 0 Å². The second-order valence-electron chi connectivity index (χ2n) is 14.5. The van der Waals surface area contributed by atoms with Crippen LogP contribution in [0.2, 0.25) is 0 Å². The molecule has 0 aliphatic rings. The van der Waals surface area contributed by atoms with E-state index in [9.17, 15) is 5.11 Å². The van der Waals surface area contributed by atoms with E-state index in [4.69, 9.17) is 9.47 Å². The van der Waals surface area contributed by atoms with Crippen molar-refractivity contribution in [3.63, 3.8) is 0 Å². The molecule has 4 rings (SSSR count). The molecule has 48 heavy (non-hydrogen) atoms. The summed E-state index contributed by atoms with van der Waals surface area (Å²) in [6, 6.07) is 20.5. The standard InChI is InChI=1S/C45H68O3/c1-2-3-4-5-6-7-8-9-10-11-13-16-19-22-34-47-37-42(36-46)48-35-23-20-17-14-12-15-18-21-25-38-28-29-41-31-30-39-26-24-27-40-32-33-43(38)45(41)44(39)40/h24,26-33,42,46H,2-23,25,34-37H2,1H3. The Kier molecular flexibility index (Phi) is 19.3. The van der Waals surface area contributed by atoms with E-state index in [2.05, 4.69) is 61.5 Å². The molecule has 4 aromatic rings. The van der Waals surface area contributed by atoms with Crippen LogP contribution in [0.4, 0.5) is 0 Å². The molecule has 1 atom stereocenters. The Hall–Kier alpha value is -2.20. The Morgan fingerprint density at radius 3 is 1.56 bits per heavy atom. The first kappa shape index (κ1) is 38.6. The van der Waals surface area contributed by atoms with Gasteiger partial charge in [0.05, 0.1) is 13.2 Å². The molecule has 0 aliphatic carbocycles. The van der Waals surface area contributed by atoms with Gasteiger partial charge in [0.15, 0.2) is 0 Å². The Morgan fingerprint density at radius 1 is 0.500 bits per heavy atom. The third kappa shape index (κ3) is 13.6. The number of aliphatic hydroxyl groups is 1. The van der Waals surface area contributed by atoms with Crippen LogP contribution in [0.3, 0.4) is 0 Å². The SMILES string of the molecule is CCCCCCCCCCCCCCCCOCC(CO)OCCCCCCCCCCc1ccc2ccc3cccc4ccc1c2c34. The smallest absolute Gasteiger partial charge is 0.104 e. The van der Waals surface area contributed by atoms with Crippen molar-refractivity contribution < 1.29 is 14.6 Å². The summed E-state index contributed by atoms with van der Waals surface area (Å²) < 4.78 is 11.7. The highest BCUT2D eigenvalue weighted by Gasteiger charge is 2.11. The van der Waals surface area contributed by atoms with Crippen LogP contribution in [0, 0.1) is 0 Å². The Morgan fingerprint density at radius 2 is 0.979 bits per heavy atom. The van der Waals surface area contributed by atoms with E-state index < -0.39 is 0 Å². The number of unbranched alkanes of at least 4 members (excludes halogenated alkanes) is 20. The number of hydrogen-bond donors (Lipinski definition) is 1. The summed E-state index contributed by atoms with van der Waals surface area (Å²) in [6.45, 7) is 4.37. The van der Waals surface area contributed by atoms with Gasteiger partial charge in [-0.15, -0.1) is 0 Å². The first-order valence-electron chi connectivity index (χ1n) is 20.3. The highest BCUT2D eigenvalue weighted by Crippen LogP contribution is 2.36. The fraction of sp³-hybridized carbons (Fsp3) is 0.644. The molecule has 1 N–H and O–H groups in total. The number of benzene rings is 4. The third-order valence-corrected chi connectivity index (χ3v) is 10.5. The van der Waals surface area contributed by atoms with Crippen LogP contribution >= 0.6 is 0 Å². The van der Waals surface area contributed by atoms with Crippen LogP contribution in [0.25, 0.3) is 32.3 Å². The number of aliphatic hydroxyl groups excluding tert-OH is 1. The molecule has 0 saturated carbocycles. The zero-order valence-electron chi connectivity index (χ0n) is 30.6. The quantitative estimate of drug-likeness (QED) is 0.0448. The average molecular weight is 657 g/mol. The van der Waals surface area contributed by atoms with E-state index in [0.29, 0.717) is 6.61 Å². The lowest BCUT2D eigenvalue weighted by molar-refractivity contribution is -0.0437. The van der Waals surface area contributed by atoms with Crippen molar-refractivity contribution in [2.24, 2.45) is 0 Å². The van der Waals surface area contributed by atoms with E-state index in [1.54, 1.807) is 0 Å². The van der Waals surface area contributed by atoms with Gasteiger partial charge in [-0.3, -0.25) is 0 Å². The van der Waals surface area contributed by atoms with Crippen LogP contribution < -0.4 is 0 Å². The Balaban J connectivity index is 0.918. The van der Waals surface area contributed by atoms with Gasteiger partial charge in [0.1, 0.15) is 6.10 Å². The summed E-state index contributed by atoms with van der Waals surface area (Å²) in [7, 11) is 0. The zero-order chi connectivity index (χ0) is 33.5. The lowest BCUT2D eigenvalue weighted by Crippen LogP contribution is -2.24. The lowest BCUT2D eigenvalue weighted by atomic mass is 9.90. The number of hydrogen-bond acceptors (Lipinski definition) is 3. The molecule has 0 amide bonds. The van der Waals surface area contributed by atoms with Gasteiger partial charge in [-0.05, 0) is 63.6 Å². The van der Waals surface area contributed by atoms with Crippen molar-refractivity contribution in [2.75, 3.05) is 26.4 Å². The van der Waals surface area contributed by atoms with E-state index in [1.165, 1.54) is 173 Å². The van der Waals surface area contributed by atoms with Crippen molar-refractivity contribution in [1.82, 2.24) is 0 Å². The van der Waals surface area contributed by atoms with Gasteiger partial charge >= 0.3 is 0 Å². The molecule has 0 radical (unpaired) electrons. The summed E-state index contributed by atoms with van der Waals surface area (Å²) >= 11 is 0. The molecule has 3 heteroatoms. The number of rotatable bonds is 30. The van der Waals surface area contributed by atoms with Gasteiger partial charge in [0.25, 0.3) is 0 Å². The predicted octanol–water partition coefficient (Wildman–Crippen LogP) is 13.1. The van der Waals surface area contributed by atoms with Crippen molar-refractivity contribution >= 4 is 32.3 Å². The molecule has 266 valence electrons. The van der Waals surface area contributed by atoms with Gasteiger partial charge in [-0.25, -0.2) is 0 Å². The monoisotopic (exact) mass is 657 g/mol. The average Bonchev–Trinajstić information content (AvgIpc) is 3.12. The zero-order valence-corrected chi connectivity index (χ0v) is 30.6. The van der Waals surface area contributed by atoms with Crippen LogP contribution in [-0.2, 0) is 15.9 Å². The topological polar surface area (TPSA) is 38.7 Å². The van der Waals surface area contributed by atoms with Crippen LogP contribution in [0.15, 0.2) is 54.6 Å². The molecule has 0 aliphatic heterocycles. The number of aryl methyl sites for hydroxylation is 1. The predicted molar refractivity (Wildman–Crippen MR) is 209 cm³/mol. The van der Waals surface area contributed by atoms with Crippen molar-refractivity contribution in [3.8, 4) is 0 Å². The fourth-order valence-electron chi connectivity index (χ4n) is 7.51. The fourth-order valence-corrected chi connectivity index (χ4v) is 7.51. The van der Waals surface area contributed by atoms with Crippen LogP contribution in [-0.4, -0.2) is 37.6 Å². The minimum atomic E-state index is -0.176. The van der Waals surface area contributed by atoms with E-state index in [0.717, 1.165) is 26.1 Å². The summed E-state index contributed by atoms with van der Waals surface area (Å²) in [5.41, 5.74) is 1.50. The minimum absolute atomic E-state index is 0.0490. The van der Waals surface area contributed by atoms with Gasteiger partial charge in [0.2, 0.25) is 0 Å². The van der Waals surface area contributed by atoms with E-state index in [-0.39, 0.29) is 12.7 Å². The first-order chi connectivity index (χ1) is 23.8. The molecule has 0 bridgehead atoms.